The lowest BCUT2D eigenvalue weighted by Crippen LogP contribution is -1.93. The second kappa shape index (κ2) is 10.8. The van der Waals surface area contributed by atoms with E-state index in [0.29, 0.717) is 6.42 Å². The maximum absolute atomic E-state index is 10.4. The first-order valence-corrected chi connectivity index (χ1v) is 9.56. The summed E-state index contributed by atoms with van der Waals surface area (Å²) in [5, 5.41) is 8.58. The second-order valence-corrected chi connectivity index (χ2v) is 7.24. The molecule has 24 heavy (non-hydrogen) atoms. The lowest BCUT2D eigenvalue weighted by Gasteiger charge is -1.99. The standard InChI is InChI=1S/C21H26O2S/c22-21(23)15-8-3-1-2-7-13-19-16-17-20(24-19)14-9-12-18-10-5-4-6-11-18/h4-7,10-11,13,16-17H,1-3,8-9,12,14-15H2,(H,22,23)/b13-7+. The van der Waals surface area contributed by atoms with Crippen molar-refractivity contribution in [2.24, 2.45) is 0 Å². The van der Waals surface area contributed by atoms with E-state index in [1.807, 2.05) is 11.3 Å². The van der Waals surface area contributed by atoms with E-state index in [1.54, 1.807) is 0 Å². The van der Waals surface area contributed by atoms with Crippen molar-refractivity contribution < 1.29 is 9.90 Å². The summed E-state index contributed by atoms with van der Waals surface area (Å²) >= 11 is 1.88. The van der Waals surface area contributed by atoms with Gasteiger partial charge >= 0.3 is 5.97 Å². The van der Waals surface area contributed by atoms with Gasteiger partial charge in [0.1, 0.15) is 0 Å². The molecule has 3 heteroatoms. The molecule has 0 fully saturated rings. The Morgan fingerprint density at radius 1 is 0.958 bits per heavy atom. The van der Waals surface area contributed by atoms with E-state index in [2.05, 4.69) is 54.6 Å². The molecule has 0 bridgehead atoms. The molecule has 0 spiro atoms. The fourth-order valence-corrected chi connectivity index (χ4v) is 3.63. The van der Waals surface area contributed by atoms with E-state index in [0.717, 1.165) is 38.5 Å². The Hall–Kier alpha value is -1.87. The average molecular weight is 343 g/mol. The summed E-state index contributed by atoms with van der Waals surface area (Å²) in [7, 11) is 0. The molecule has 2 nitrogen and oxygen atoms in total. The zero-order chi connectivity index (χ0) is 17.0. The molecule has 0 aliphatic rings. The molecule has 0 aliphatic heterocycles. The largest absolute Gasteiger partial charge is 0.481 e. The molecule has 0 amide bonds. The van der Waals surface area contributed by atoms with Crippen LogP contribution in [0, 0.1) is 0 Å². The summed E-state index contributed by atoms with van der Waals surface area (Å²) in [5.41, 5.74) is 1.41. The number of benzene rings is 1. The Morgan fingerprint density at radius 3 is 2.58 bits per heavy atom. The van der Waals surface area contributed by atoms with Crippen LogP contribution in [-0.2, 0) is 17.6 Å². The summed E-state index contributed by atoms with van der Waals surface area (Å²) in [6.07, 6.45) is 12.0. The maximum atomic E-state index is 10.4. The smallest absolute Gasteiger partial charge is 0.303 e. The van der Waals surface area contributed by atoms with Gasteiger partial charge in [-0.15, -0.1) is 11.3 Å². The predicted molar refractivity (Wildman–Crippen MR) is 103 cm³/mol. The summed E-state index contributed by atoms with van der Waals surface area (Å²) < 4.78 is 0. The monoisotopic (exact) mass is 342 g/mol. The lowest BCUT2D eigenvalue weighted by atomic mass is 10.1. The van der Waals surface area contributed by atoms with Crippen LogP contribution in [0.5, 0.6) is 0 Å². The van der Waals surface area contributed by atoms with Crippen LogP contribution in [0.3, 0.4) is 0 Å². The Kier molecular flexibility index (Phi) is 8.33. The first kappa shape index (κ1) is 18.5. The van der Waals surface area contributed by atoms with Gasteiger partial charge < -0.3 is 5.11 Å². The molecule has 1 aromatic carbocycles. The van der Waals surface area contributed by atoms with Gasteiger partial charge in [0.05, 0.1) is 0 Å². The fourth-order valence-electron chi connectivity index (χ4n) is 2.64. The highest BCUT2D eigenvalue weighted by Gasteiger charge is 1.99. The first-order valence-electron chi connectivity index (χ1n) is 8.75. The number of hydrogen-bond acceptors (Lipinski definition) is 2. The van der Waals surface area contributed by atoms with Crippen molar-refractivity contribution in [3.05, 3.63) is 63.9 Å². The molecule has 2 aromatic rings. The number of carbonyl (C=O) groups is 1. The van der Waals surface area contributed by atoms with Crippen LogP contribution in [0.1, 0.15) is 53.8 Å². The van der Waals surface area contributed by atoms with Gasteiger partial charge in [-0.25, -0.2) is 0 Å². The highest BCUT2D eigenvalue weighted by Crippen LogP contribution is 2.20. The van der Waals surface area contributed by atoms with E-state index in [-0.39, 0.29) is 0 Å². The molecule has 0 saturated heterocycles. The van der Waals surface area contributed by atoms with Crippen molar-refractivity contribution in [3.8, 4) is 0 Å². The van der Waals surface area contributed by atoms with Crippen molar-refractivity contribution in [2.45, 2.75) is 51.4 Å². The maximum Gasteiger partial charge on any atom is 0.303 e. The zero-order valence-corrected chi connectivity index (χ0v) is 14.9. The number of thiophene rings is 1. The lowest BCUT2D eigenvalue weighted by molar-refractivity contribution is -0.137. The number of carboxylic acids is 1. The fraction of sp³-hybridized carbons (Fsp3) is 0.381. The van der Waals surface area contributed by atoms with Crippen LogP contribution in [0.15, 0.2) is 48.5 Å². The summed E-state index contributed by atoms with van der Waals surface area (Å²) in [6, 6.07) is 15.1. The van der Waals surface area contributed by atoms with E-state index < -0.39 is 5.97 Å². The number of aliphatic carboxylic acids is 1. The van der Waals surface area contributed by atoms with Crippen LogP contribution >= 0.6 is 11.3 Å². The number of hydrogen-bond donors (Lipinski definition) is 1. The van der Waals surface area contributed by atoms with Gasteiger partial charge in [0.15, 0.2) is 0 Å². The minimum absolute atomic E-state index is 0.293. The Balaban J connectivity index is 1.62. The topological polar surface area (TPSA) is 37.3 Å². The number of aryl methyl sites for hydroxylation is 2. The van der Waals surface area contributed by atoms with Gasteiger partial charge in [-0.3, -0.25) is 4.79 Å². The van der Waals surface area contributed by atoms with E-state index >= 15 is 0 Å². The molecular formula is C21H26O2S. The van der Waals surface area contributed by atoms with Crippen molar-refractivity contribution in [1.29, 1.82) is 0 Å². The number of allylic oxidation sites excluding steroid dienone is 1. The molecule has 1 N–H and O–H groups in total. The first-order chi connectivity index (χ1) is 11.7. The van der Waals surface area contributed by atoms with E-state index in [1.165, 1.54) is 21.7 Å². The highest BCUT2D eigenvalue weighted by atomic mass is 32.1. The normalized spacial score (nSPS) is 11.2. The minimum atomic E-state index is -0.691. The zero-order valence-electron chi connectivity index (χ0n) is 14.1. The van der Waals surface area contributed by atoms with E-state index in [4.69, 9.17) is 5.11 Å². The third-order valence-electron chi connectivity index (χ3n) is 3.96. The summed E-state index contributed by atoms with van der Waals surface area (Å²) in [4.78, 5) is 13.2. The van der Waals surface area contributed by atoms with Gasteiger partial charge in [-0.2, -0.15) is 0 Å². The van der Waals surface area contributed by atoms with Crippen LogP contribution in [-0.4, -0.2) is 11.1 Å². The number of unbranched alkanes of at least 4 members (excludes halogenated alkanes) is 3. The SMILES string of the molecule is O=C(O)CCCCC/C=C/c1ccc(CCCc2ccccc2)s1. The molecule has 0 aliphatic carbocycles. The van der Waals surface area contributed by atoms with Crippen molar-refractivity contribution in [3.63, 3.8) is 0 Å². The quantitative estimate of drug-likeness (QED) is 0.511. The molecule has 128 valence electrons. The van der Waals surface area contributed by atoms with Gasteiger partial charge in [0.2, 0.25) is 0 Å². The second-order valence-electron chi connectivity index (χ2n) is 6.04. The van der Waals surface area contributed by atoms with Crippen LogP contribution in [0.4, 0.5) is 0 Å². The van der Waals surface area contributed by atoms with Crippen molar-refractivity contribution >= 4 is 23.4 Å². The minimum Gasteiger partial charge on any atom is -0.481 e. The van der Waals surface area contributed by atoms with Crippen LogP contribution < -0.4 is 0 Å². The van der Waals surface area contributed by atoms with Gasteiger partial charge in [0.25, 0.3) is 0 Å². The molecule has 0 saturated carbocycles. The van der Waals surface area contributed by atoms with Gasteiger partial charge in [-0.1, -0.05) is 42.8 Å². The third-order valence-corrected chi connectivity index (χ3v) is 5.07. The molecule has 1 aromatic heterocycles. The average Bonchev–Trinajstić information content (AvgIpc) is 3.02. The predicted octanol–water partition coefficient (Wildman–Crippen LogP) is 5.97. The van der Waals surface area contributed by atoms with Crippen molar-refractivity contribution in [2.75, 3.05) is 0 Å². The molecular weight excluding hydrogens is 316 g/mol. The Labute approximate surface area is 148 Å². The Bertz CT molecular complexity index is 628. The van der Waals surface area contributed by atoms with Gasteiger partial charge in [-0.05, 0) is 62.3 Å². The summed E-state index contributed by atoms with van der Waals surface area (Å²) in [5.74, 6) is -0.691. The Morgan fingerprint density at radius 2 is 1.79 bits per heavy atom. The number of carboxylic acid groups (broad SMARTS) is 1. The van der Waals surface area contributed by atoms with Crippen LogP contribution in [0.25, 0.3) is 6.08 Å². The number of rotatable bonds is 11. The summed E-state index contributed by atoms with van der Waals surface area (Å²) in [6.45, 7) is 0. The third kappa shape index (κ3) is 7.60. The van der Waals surface area contributed by atoms with E-state index in [9.17, 15) is 4.79 Å². The molecule has 1 heterocycles. The van der Waals surface area contributed by atoms with Crippen molar-refractivity contribution in [1.82, 2.24) is 0 Å². The molecule has 0 unspecified atom stereocenters. The highest BCUT2D eigenvalue weighted by molar-refractivity contribution is 7.12. The molecule has 2 rings (SSSR count). The molecule has 0 radical (unpaired) electrons. The van der Waals surface area contributed by atoms with Crippen LogP contribution in [0.2, 0.25) is 0 Å². The van der Waals surface area contributed by atoms with Gasteiger partial charge in [0, 0.05) is 16.2 Å². The molecule has 0 atom stereocenters.